The number of methoxy groups -OCH3 is 2. The van der Waals surface area contributed by atoms with Crippen molar-refractivity contribution >= 4 is 23.4 Å². The van der Waals surface area contributed by atoms with E-state index in [4.69, 9.17) is 13.9 Å². The number of anilines is 1. The first-order valence-electron chi connectivity index (χ1n) is 7.83. The molecule has 0 aliphatic rings. The second kappa shape index (κ2) is 8.54. The van der Waals surface area contributed by atoms with Gasteiger partial charge in [-0.15, -0.1) is 10.2 Å². The van der Waals surface area contributed by atoms with Crippen molar-refractivity contribution in [2.24, 2.45) is 0 Å². The minimum Gasteiger partial charge on any atom is -0.493 e. The lowest BCUT2D eigenvalue weighted by atomic mass is 10.2. The van der Waals surface area contributed by atoms with Crippen molar-refractivity contribution in [1.29, 1.82) is 0 Å². The van der Waals surface area contributed by atoms with E-state index in [0.717, 1.165) is 11.8 Å². The summed E-state index contributed by atoms with van der Waals surface area (Å²) in [5.41, 5.74) is 1.05. The maximum Gasteiger partial charge on any atom is 0.277 e. The van der Waals surface area contributed by atoms with Gasteiger partial charge in [0.2, 0.25) is 11.8 Å². The molecule has 1 N–H and O–H groups in total. The SMILES string of the molecule is COc1ccc(NC(=O)CSc2nnc(-c3cccc(F)c3)o2)cc1OC. The molecule has 3 rings (SSSR count). The summed E-state index contributed by atoms with van der Waals surface area (Å²) >= 11 is 1.08. The van der Waals surface area contributed by atoms with Crippen LogP contribution in [0, 0.1) is 5.82 Å². The van der Waals surface area contributed by atoms with Gasteiger partial charge in [0.25, 0.3) is 5.22 Å². The van der Waals surface area contributed by atoms with Crippen LogP contribution in [0.25, 0.3) is 11.5 Å². The Morgan fingerprint density at radius 1 is 1.15 bits per heavy atom. The van der Waals surface area contributed by atoms with Gasteiger partial charge in [-0.2, -0.15) is 0 Å². The topological polar surface area (TPSA) is 86.5 Å². The number of hydrogen-bond acceptors (Lipinski definition) is 7. The van der Waals surface area contributed by atoms with Crippen LogP contribution in [0.4, 0.5) is 10.1 Å². The lowest BCUT2D eigenvalue weighted by molar-refractivity contribution is -0.113. The van der Waals surface area contributed by atoms with E-state index in [0.29, 0.717) is 22.7 Å². The Kier molecular flexibility index (Phi) is 5.92. The molecule has 9 heteroatoms. The number of thioether (sulfide) groups is 1. The van der Waals surface area contributed by atoms with Gasteiger partial charge >= 0.3 is 0 Å². The fourth-order valence-electron chi connectivity index (χ4n) is 2.24. The van der Waals surface area contributed by atoms with Gasteiger partial charge in [0.1, 0.15) is 5.82 Å². The van der Waals surface area contributed by atoms with Crippen LogP contribution in [0.2, 0.25) is 0 Å². The Hall–Kier alpha value is -3.07. The first-order chi connectivity index (χ1) is 13.1. The molecule has 1 aromatic heterocycles. The van der Waals surface area contributed by atoms with Crippen molar-refractivity contribution in [3.63, 3.8) is 0 Å². The number of aromatic nitrogens is 2. The van der Waals surface area contributed by atoms with Crippen molar-refractivity contribution < 1.29 is 23.1 Å². The van der Waals surface area contributed by atoms with Crippen LogP contribution in [-0.4, -0.2) is 36.1 Å². The summed E-state index contributed by atoms with van der Waals surface area (Å²) < 4.78 is 29.1. The fourth-order valence-corrected chi connectivity index (χ4v) is 2.81. The van der Waals surface area contributed by atoms with Crippen molar-refractivity contribution in [3.8, 4) is 23.0 Å². The summed E-state index contributed by atoms with van der Waals surface area (Å²) in [5.74, 6) is 0.698. The molecule has 0 radical (unpaired) electrons. The number of nitrogens with one attached hydrogen (secondary N) is 1. The third-order valence-electron chi connectivity index (χ3n) is 3.47. The van der Waals surface area contributed by atoms with E-state index in [1.165, 1.54) is 26.4 Å². The van der Waals surface area contributed by atoms with Crippen LogP contribution in [0.5, 0.6) is 11.5 Å². The number of ether oxygens (including phenoxy) is 2. The smallest absolute Gasteiger partial charge is 0.277 e. The lowest BCUT2D eigenvalue weighted by Crippen LogP contribution is -2.14. The predicted octanol–water partition coefficient (Wildman–Crippen LogP) is 3.62. The summed E-state index contributed by atoms with van der Waals surface area (Å²) in [7, 11) is 3.06. The Balaban J connectivity index is 1.58. The molecule has 140 valence electrons. The number of carbonyl (C=O) groups excluding carboxylic acids is 1. The van der Waals surface area contributed by atoms with Gasteiger partial charge in [0.05, 0.1) is 20.0 Å². The summed E-state index contributed by atoms with van der Waals surface area (Å²) in [6.07, 6.45) is 0. The van der Waals surface area contributed by atoms with E-state index < -0.39 is 5.82 Å². The van der Waals surface area contributed by atoms with Crippen molar-refractivity contribution in [3.05, 3.63) is 48.3 Å². The number of nitrogens with zero attached hydrogens (tertiary/aromatic N) is 2. The van der Waals surface area contributed by atoms with Crippen LogP contribution in [0.15, 0.2) is 52.1 Å². The molecule has 0 unspecified atom stereocenters. The molecule has 0 bridgehead atoms. The molecule has 3 aromatic rings. The largest absolute Gasteiger partial charge is 0.493 e. The average molecular weight is 389 g/mol. The first kappa shape index (κ1) is 18.7. The van der Waals surface area contributed by atoms with Crippen molar-refractivity contribution in [2.75, 3.05) is 25.3 Å². The standard InChI is InChI=1S/C18H16FN3O4S/c1-24-14-7-6-13(9-15(14)25-2)20-16(23)10-27-18-22-21-17(26-18)11-4-3-5-12(19)8-11/h3-9H,10H2,1-2H3,(H,20,23). The Bertz CT molecular complexity index is 948. The second-order valence-electron chi connectivity index (χ2n) is 5.29. The van der Waals surface area contributed by atoms with Crippen LogP contribution in [0.1, 0.15) is 0 Å². The number of hydrogen-bond donors (Lipinski definition) is 1. The van der Waals surface area contributed by atoms with E-state index in [1.807, 2.05) is 0 Å². The van der Waals surface area contributed by atoms with Crippen LogP contribution in [-0.2, 0) is 4.79 Å². The van der Waals surface area contributed by atoms with E-state index in [9.17, 15) is 9.18 Å². The average Bonchev–Trinajstić information content (AvgIpc) is 3.15. The maximum absolute atomic E-state index is 13.3. The normalized spacial score (nSPS) is 10.5. The summed E-state index contributed by atoms with van der Waals surface area (Å²) in [6, 6.07) is 10.9. The van der Waals surface area contributed by atoms with Crippen LogP contribution < -0.4 is 14.8 Å². The molecule has 0 saturated carbocycles. The molecule has 0 spiro atoms. The number of carbonyl (C=O) groups is 1. The van der Waals surface area contributed by atoms with Gasteiger partial charge in [-0.25, -0.2) is 4.39 Å². The van der Waals surface area contributed by atoms with Gasteiger partial charge in [-0.1, -0.05) is 17.8 Å². The molecule has 0 aliphatic carbocycles. The zero-order valence-electron chi connectivity index (χ0n) is 14.6. The molecule has 0 aliphatic heterocycles. The van der Waals surface area contributed by atoms with Crippen molar-refractivity contribution in [2.45, 2.75) is 5.22 Å². The van der Waals surface area contributed by atoms with E-state index >= 15 is 0 Å². The molecule has 7 nitrogen and oxygen atoms in total. The minimum absolute atomic E-state index is 0.0686. The zero-order valence-corrected chi connectivity index (χ0v) is 15.4. The Morgan fingerprint density at radius 2 is 1.96 bits per heavy atom. The molecule has 1 heterocycles. The van der Waals surface area contributed by atoms with Crippen LogP contribution in [0.3, 0.4) is 0 Å². The maximum atomic E-state index is 13.3. The molecule has 27 heavy (non-hydrogen) atoms. The third kappa shape index (κ3) is 4.76. The van der Waals surface area contributed by atoms with E-state index in [-0.39, 0.29) is 22.8 Å². The number of halogens is 1. The molecule has 0 fully saturated rings. The first-order valence-corrected chi connectivity index (χ1v) is 8.81. The van der Waals surface area contributed by atoms with Gasteiger partial charge in [0.15, 0.2) is 11.5 Å². The Morgan fingerprint density at radius 3 is 2.70 bits per heavy atom. The predicted molar refractivity (Wildman–Crippen MR) is 98.6 cm³/mol. The highest BCUT2D eigenvalue weighted by atomic mass is 32.2. The highest BCUT2D eigenvalue weighted by Crippen LogP contribution is 2.30. The molecular formula is C18H16FN3O4S. The molecule has 1 amide bonds. The van der Waals surface area contributed by atoms with Gasteiger partial charge < -0.3 is 19.2 Å². The van der Waals surface area contributed by atoms with Crippen LogP contribution >= 0.6 is 11.8 Å². The van der Waals surface area contributed by atoms with Gasteiger partial charge in [-0.05, 0) is 30.3 Å². The monoisotopic (exact) mass is 389 g/mol. The molecule has 0 saturated heterocycles. The zero-order chi connectivity index (χ0) is 19.2. The summed E-state index contributed by atoms with van der Waals surface area (Å²) in [6.45, 7) is 0. The highest BCUT2D eigenvalue weighted by Gasteiger charge is 2.13. The lowest BCUT2D eigenvalue weighted by Gasteiger charge is -2.10. The fraction of sp³-hybridized carbons (Fsp3) is 0.167. The Labute approximate surface area is 158 Å². The van der Waals surface area contributed by atoms with E-state index in [2.05, 4.69) is 15.5 Å². The summed E-state index contributed by atoms with van der Waals surface area (Å²) in [4.78, 5) is 12.1. The molecular weight excluding hydrogens is 373 g/mol. The quantitative estimate of drug-likeness (QED) is 0.618. The van der Waals surface area contributed by atoms with Gasteiger partial charge in [-0.3, -0.25) is 4.79 Å². The molecule has 2 aromatic carbocycles. The van der Waals surface area contributed by atoms with Gasteiger partial charge in [0, 0.05) is 17.3 Å². The van der Waals surface area contributed by atoms with Crippen molar-refractivity contribution in [1.82, 2.24) is 10.2 Å². The number of benzene rings is 2. The second-order valence-corrected chi connectivity index (χ2v) is 6.22. The van der Waals surface area contributed by atoms with E-state index in [1.54, 1.807) is 30.3 Å². The summed E-state index contributed by atoms with van der Waals surface area (Å²) in [5, 5.41) is 10.7. The minimum atomic E-state index is -0.394. The molecule has 0 atom stereocenters. The third-order valence-corrected chi connectivity index (χ3v) is 4.29. The number of amides is 1. The number of rotatable bonds is 7. The highest BCUT2D eigenvalue weighted by molar-refractivity contribution is 7.99.